The molecule has 1 heterocycles. The van der Waals surface area contributed by atoms with Crippen LogP contribution in [0.2, 0.25) is 0 Å². The van der Waals surface area contributed by atoms with Crippen LogP contribution in [0.25, 0.3) is 5.57 Å². The lowest BCUT2D eigenvalue weighted by Crippen LogP contribution is -2.39. The van der Waals surface area contributed by atoms with Crippen molar-refractivity contribution < 1.29 is 9.90 Å². The Hall–Kier alpha value is -1.61. The largest absolute Gasteiger partial charge is 0.481 e. The molecule has 3 nitrogen and oxygen atoms in total. The highest BCUT2D eigenvalue weighted by Crippen LogP contribution is 2.35. The molecule has 0 aromatic heterocycles. The molecular weight excluding hydrogens is 310 g/mol. The average molecular weight is 341 g/mol. The van der Waals surface area contributed by atoms with Crippen molar-refractivity contribution >= 4 is 11.5 Å². The summed E-state index contributed by atoms with van der Waals surface area (Å²) in [5.41, 5.74) is 2.89. The summed E-state index contributed by atoms with van der Waals surface area (Å²) in [6, 6.07) is 10.8. The Morgan fingerprint density at radius 2 is 1.76 bits per heavy atom. The molecule has 1 unspecified atom stereocenters. The number of rotatable bonds is 6. The van der Waals surface area contributed by atoms with Gasteiger partial charge < -0.3 is 10.0 Å². The molecule has 1 aromatic carbocycles. The van der Waals surface area contributed by atoms with Gasteiger partial charge in [0.25, 0.3) is 0 Å². The van der Waals surface area contributed by atoms with E-state index in [1.54, 1.807) is 0 Å². The zero-order chi connectivity index (χ0) is 17.5. The first-order valence-corrected chi connectivity index (χ1v) is 9.94. The second kappa shape index (κ2) is 9.19. The topological polar surface area (TPSA) is 40.5 Å². The minimum Gasteiger partial charge on any atom is -0.481 e. The number of hydrogen-bond acceptors (Lipinski definition) is 2. The highest BCUT2D eigenvalue weighted by atomic mass is 16.4. The molecule has 136 valence electrons. The van der Waals surface area contributed by atoms with E-state index >= 15 is 0 Å². The van der Waals surface area contributed by atoms with E-state index in [2.05, 4.69) is 41.3 Å². The van der Waals surface area contributed by atoms with Crippen LogP contribution in [0.3, 0.4) is 0 Å². The molecule has 25 heavy (non-hydrogen) atoms. The van der Waals surface area contributed by atoms with Crippen molar-refractivity contribution in [3.63, 3.8) is 0 Å². The summed E-state index contributed by atoms with van der Waals surface area (Å²) >= 11 is 0. The van der Waals surface area contributed by atoms with Gasteiger partial charge in [-0.2, -0.15) is 0 Å². The maximum Gasteiger partial charge on any atom is 0.307 e. The third-order valence-corrected chi connectivity index (χ3v) is 5.82. The van der Waals surface area contributed by atoms with Crippen molar-refractivity contribution in [2.24, 2.45) is 11.8 Å². The van der Waals surface area contributed by atoms with Crippen molar-refractivity contribution in [1.82, 2.24) is 4.90 Å². The number of carboxylic acid groups (broad SMARTS) is 1. The zero-order valence-corrected chi connectivity index (χ0v) is 15.2. The van der Waals surface area contributed by atoms with Gasteiger partial charge in [0.2, 0.25) is 0 Å². The molecule has 1 saturated carbocycles. The first-order chi connectivity index (χ1) is 12.2. The second-order valence-electron chi connectivity index (χ2n) is 7.63. The highest BCUT2D eigenvalue weighted by molar-refractivity contribution is 5.70. The van der Waals surface area contributed by atoms with E-state index in [0.717, 1.165) is 32.4 Å². The predicted octanol–water partition coefficient (Wildman–Crippen LogP) is 4.84. The number of aliphatic carboxylic acids is 1. The number of likely N-dealkylation sites (tertiary alicyclic amines) is 1. The van der Waals surface area contributed by atoms with Crippen molar-refractivity contribution in [3.05, 3.63) is 42.0 Å². The molecule has 0 bridgehead atoms. The summed E-state index contributed by atoms with van der Waals surface area (Å²) in [4.78, 5) is 13.6. The highest BCUT2D eigenvalue weighted by Gasteiger charge is 2.25. The van der Waals surface area contributed by atoms with Gasteiger partial charge in [0.05, 0.1) is 5.92 Å². The molecule has 0 radical (unpaired) electrons. The predicted molar refractivity (Wildman–Crippen MR) is 102 cm³/mol. The van der Waals surface area contributed by atoms with Gasteiger partial charge in [-0.05, 0) is 55.7 Å². The van der Waals surface area contributed by atoms with Gasteiger partial charge in [0, 0.05) is 13.1 Å². The SMILES string of the molecule is O=C(O)C1CCCN(CC/C=C(\c2ccccc2)C2CCCCC2)C1. The minimum absolute atomic E-state index is 0.176. The third kappa shape index (κ3) is 5.18. The van der Waals surface area contributed by atoms with Gasteiger partial charge >= 0.3 is 5.97 Å². The summed E-state index contributed by atoms with van der Waals surface area (Å²) in [5.74, 6) is -0.110. The number of carbonyl (C=O) groups is 1. The summed E-state index contributed by atoms with van der Waals surface area (Å²) in [6.07, 6.45) is 12.0. The standard InChI is InChI=1S/C22H31NO2/c24-22(25)20-13-7-15-23(17-20)16-8-14-21(18-9-3-1-4-10-18)19-11-5-2-6-12-19/h1,3-4,9-10,14,19-20H,2,5-8,11-13,15-17H2,(H,24,25)/b21-14+. The molecule has 1 aromatic rings. The summed E-state index contributed by atoms with van der Waals surface area (Å²) < 4.78 is 0. The van der Waals surface area contributed by atoms with E-state index in [0.29, 0.717) is 12.5 Å². The maximum absolute atomic E-state index is 11.2. The number of benzene rings is 1. The van der Waals surface area contributed by atoms with E-state index in [1.165, 1.54) is 43.2 Å². The van der Waals surface area contributed by atoms with Crippen LogP contribution in [-0.4, -0.2) is 35.6 Å². The van der Waals surface area contributed by atoms with Gasteiger partial charge in [-0.25, -0.2) is 0 Å². The first-order valence-electron chi connectivity index (χ1n) is 9.94. The second-order valence-corrected chi connectivity index (χ2v) is 7.63. The fourth-order valence-corrected chi connectivity index (χ4v) is 4.43. The molecule has 2 aliphatic rings. The molecular formula is C22H31NO2. The summed E-state index contributed by atoms with van der Waals surface area (Å²) in [7, 11) is 0. The monoisotopic (exact) mass is 341 g/mol. The van der Waals surface area contributed by atoms with Crippen LogP contribution >= 0.6 is 0 Å². The van der Waals surface area contributed by atoms with E-state index in [1.807, 2.05) is 0 Å². The van der Waals surface area contributed by atoms with Crippen LogP contribution in [0.4, 0.5) is 0 Å². The van der Waals surface area contributed by atoms with Crippen molar-refractivity contribution in [3.8, 4) is 0 Å². The Bertz CT molecular complexity index is 575. The molecule has 1 N–H and O–H groups in total. The molecule has 1 aliphatic heterocycles. The third-order valence-electron chi connectivity index (χ3n) is 5.82. The number of nitrogens with zero attached hydrogens (tertiary/aromatic N) is 1. The molecule has 1 aliphatic carbocycles. The molecule has 2 fully saturated rings. The number of piperidine rings is 1. The lowest BCUT2D eigenvalue weighted by atomic mass is 9.80. The lowest BCUT2D eigenvalue weighted by Gasteiger charge is -2.30. The Balaban J connectivity index is 1.63. The quantitative estimate of drug-likeness (QED) is 0.805. The van der Waals surface area contributed by atoms with Crippen LogP contribution in [-0.2, 0) is 4.79 Å². The Kier molecular flexibility index (Phi) is 6.69. The van der Waals surface area contributed by atoms with Crippen molar-refractivity contribution in [2.75, 3.05) is 19.6 Å². The van der Waals surface area contributed by atoms with Crippen molar-refractivity contribution in [1.29, 1.82) is 0 Å². The van der Waals surface area contributed by atoms with Gasteiger partial charge in [0.1, 0.15) is 0 Å². The first kappa shape index (κ1) is 18.2. The van der Waals surface area contributed by atoms with Crippen LogP contribution in [0.1, 0.15) is 56.9 Å². The molecule has 1 atom stereocenters. The Morgan fingerprint density at radius 1 is 1.04 bits per heavy atom. The lowest BCUT2D eigenvalue weighted by molar-refractivity contribution is -0.143. The molecule has 0 spiro atoms. The average Bonchev–Trinajstić information content (AvgIpc) is 2.67. The van der Waals surface area contributed by atoms with E-state index in [9.17, 15) is 9.90 Å². The van der Waals surface area contributed by atoms with E-state index < -0.39 is 5.97 Å². The summed E-state index contributed by atoms with van der Waals surface area (Å²) in [6.45, 7) is 2.74. The van der Waals surface area contributed by atoms with Gasteiger partial charge in [0.15, 0.2) is 0 Å². The molecule has 3 rings (SSSR count). The van der Waals surface area contributed by atoms with Gasteiger partial charge in [-0.1, -0.05) is 55.7 Å². The summed E-state index contributed by atoms with van der Waals surface area (Å²) in [5, 5.41) is 9.25. The normalized spacial score (nSPS) is 23.5. The molecule has 0 amide bonds. The smallest absolute Gasteiger partial charge is 0.307 e. The Labute approximate surface area is 151 Å². The van der Waals surface area contributed by atoms with Crippen LogP contribution in [0.5, 0.6) is 0 Å². The fourth-order valence-electron chi connectivity index (χ4n) is 4.43. The molecule has 3 heteroatoms. The zero-order valence-electron chi connectivity index (χ0n) is 15.2. The number of hydrogen-bond donors (Lipinski definition) is 1. The van der Waals surface area contributed by atoms with Crippen molar-refractivity contribution in [2.45, 2.75) is 51.4 Å². The van der Waals surface area contributed by atoms with Crippen LogP contribution < -0.4 is 0 Å². The fraction of sp³-hybridized carbons (Fsp3) is 0.591. The van der Waals surface area contributed by atoms with E-state index in [4.69, 9.17) is 0 Å². The van der Waals surface area contributed by atoms with Crippen LogP contribution in [0.15, 0.2) is 36.4 Å². The number of allylic oxidation sites excluding steroid dienone is 1. The van der Waals surface area contributed by atoms with Gasteiger partial charge in [-0.3, -0.25) is 4.79 Å². The minimum atomic E-state index is -0.632. The molecule has 1 saturated heterocycles. The Morgan fingerprint density at radius 3 is 2.48 bits per heavy atom. The maximum atomic E-state index is 11.2. The number of carboxylic acids is 1. The van der Waals surface area contributed by atoms with Gasteiger partial charge in [-0.15, -0.1) is 0 Å². The van der Waals surface area contributed by atoms with Crippen LogP contribution in [0, 0.1) is 11.8 Å². The van der Waals surface area contributed by atoms with E-state index in [-0.39, 0.29) is 5.92 Å².